The first-order valence-electron chi connectivity index (χ1n) is 6.65. The Hall–Kier alpha value is -1.65. The molecule has 21 heavy (non-hydrogen) atoms. The standard InChI is InChI=1S/C16H18ClFN2O/c1-11(12-6-8-19-9-7-12)20(2)10-13-14(18)4-5-15(21-3)16(13)17/h4-9,11H,10H2,1-3H3/t11-/m0/s1. The molecular weight excluding hydrogens is 291 g/mol. The summed E-state index contributed by atoms with van der Waals surface area (Å²) in [5, 5.41) is 0.325. The Morgan fingerprint density at radius 3 is 2.57 bits per heavy atom. The van der Waals surface area contributed by atoms with E-state index >= 15 is 0 Å². The highest BCUT2D eigenvalue weighted by Gasteiger charge is 2.18. The third-order valence-electron chi connectivity index (χ3n) is 3.63. The number of pyridine rings is 1. The lowest BCUT2D eigenvalue weighted by molar-refractivity contribution is 0.249. The van der Waals surface area contributed by atoms with Crippen LogP contribution in [0.2, 0.25) is 5.02 Å². The zero-order valence-corrected chi connectivity index (χ0v) is 13.1. The van der Waals surface area contributed by atoms with Crippen molar-refractivity contribution in [2.24, 2.45) is 0 Å². The summed E-state index contributed by atoms with van der Waals surface area (Å²) in [6.45, 7) is 2.45. The van der Waals surface area contributed by atoms with E-state index in [2.05, 4.69) is 11.9 Å². The second-order valence-electron chi connectivity index (χ2n) is 4.91. The van der Waals surface area contributed by atoms with Crippen molar-refractivity contribution in [1.29, 1.82) is 0 Å². The molecule has 2 aromatic rings. The van der Waals surface area contributed by atoms with Gasteiger partial charge >= 0.3 is 0 Å². The fourth-order valence-corrected chi connectivity index (χ4v) is 2.45. The third kappa shape index (κ3) is 3.52. The van der Waals surface area contributed by atoms with Crippen LogP contribution < -0.4 is 4.74 Å². The van der Waals surface area contributed by atoms with Gasteiger partial charge in [-0.2, -0.15) is 0 Å². The number of hydrogen-bond acceptors (Lipinski definition) is 3. The molecule has 0 N–H and O–H groups in total. The predicted molar refractivity (Wildman–Crippen MR) is 82.1 cm³/mol. The van der Waals surface area contributed by atoms with Gasteiger partial charge in [-0.05, 0) is 43.8 Å². The Balaban J connectivity index is 2.22. The van der Waals surface area contributed by atoms with E-state index in [0.717, 1.165) is 5.56 Å². The van der Waals surface area contributed by atoms with Crippen LogP contribution >= 0.6 is 11.6 Å². The molecule has 0 aliphatic rings. The molecule has 0 aliphatic heterocycles. The zero-order chi connectivity index (χ0) is 15.4. The molecule has 1 aromatic heterocycles. The van der Waals surface area contributed by atoms with Crippen LogP contribution in [0, 0.1) is 5.82 Å². The molecule has 1 atom stereocenters. The number of nitrogens with zero attached hydrogens (tertiary/aromatic N) is 2. The highest BCUT2D eigenvalue weighted by atomic mass is 35.5. The van der Waals surface area contributed by atoms with Gasteiger partial charge in [-0.3, -0.25) is 9.88 Å². The van der Waals surface area contributed by atoms with Gasteiger partial charge in [0.1, 0.15) is 11.6 Å². The molecule has 0 aliphatic carbocycles. The fraction of sp³-hybridized carbons (Fsp3) is 0.312. The van der Waals surface area contributed by atoms with Crippen LogP contribution in [0.3, 0.4) is 0 Å². The molecule has 5 heteroatoms. The minimum atomic E-state index is -0.324. The van der Waals surface area contributed by atoms with E-state index < -0.39 is 0 Å². The first-order chi connectivity index (χ1) is 10.0. The molecule has 0 fully saturated rings. The summed E-state index contributed by atoms with van der Waals surface area (Å²) in [7, 11) is 3.45. The lowest BCUT2D eigenvalue weighted by Gasteiger charge is -2.26. The van der Waals surface area contributed by atoms with Gasteiger partial charge in [0, 0.05) is 30.5 Å². The van der Waals surface area contributed by atoms with Crippen LogP contribution in [0.4, 0.5) is 4.39 Å². The summed E-state index contributed by atoms with van der Waals surface area (Å²) in [5.74, 6) is 0.160. The van der Waals surface area contributed by atoms with Crippen LogP contribution in [0.15, 0.2) is 36.7 Å². The molecule has 3 nitrogen and oxygen atoms in total. The van der Waals surface area contributed by atoms with E-state index in [4.69, 9.17) is 16.3 Å². The number of halogens is 2. The normalized spacial score (nSPS) is 12.5. The molecule has 0 bridgehead atoms. The van der Waals surface area contributed by atoms with Crippen molar-refractivity contribution in [3.05, 3.63) is 58.6 Å². The molecule has 0 radical (unpaired) electrons. The van der Waals surface area contributed by atoms with E-state index in [1.54, 1.807) is 12.4 Å². The molecule has 0 saturated carbocycles. The summed E-state index contributed by atoms with van der Waals surface area (Å²) in [4.78, 5) is 6.03. The summed E-state index contributed by atoms with van der Waals surface area (Å²) in [6.07, 6.45) is 3.50. The Morgan fingerprint density at radius 2 is 1.95 bits per heavy atom. The molecule has 1 aromatic carbocycles. The lowest BCUT2D eigenvalue weighted by atomic mass is 10.1. The number of ether oxygens (including phenoxy) is 1. The van der Waals surface area contributed by atoms with Gasteiger partial charge in [0.15, 0.2) is 0 Å². The van der Waals surface area contributed by atoms with E-state index in [1.165, 1.54) is 19.2 Å². The molecule has 2 rings (SSSR count). The Morgan fingerprint density at radius 1 is 1.29 bits per heavy atom. The molecule has 0 unspecified atom stereocenters. The van der Waals surface area contributed by atoms with Crippen molar-refractivity contribution in [1.82, 2.24) is 9.88 Å². The third-order valence-corrected chi connectivity index (χ3v) is 4.04. The number of methoxy groups -OCH3 is 1. The number of hydrogen-bond donors (Lipinski definition) is 0. The van der Waals surface area contributed by atoms with Crippen LogP contribution in [0.1, 0.15) is 24.1 Å². The number of rotatable bonds is 5. The van der Waals surface area contributed by atoms with Crippen molar-refractivity contribution >= 4 is 11.6 Å². The Bertz CT molecular complexity index is 607. The maximum absolute atomic E-state index is 14.0. The highest BCUT2D eigenvalue weighted by Crippen LogP contribution is 2.32. The van der Waals surface area contributed by atoms with E-state index in [0.29, 0.717) is 22.9 Å². The first-order valence-corrected chi connectivity index (χ1v) is 7.03. The summed E-state index contributed by atoms with van der Waals surface area (Å²) < 4.78 is 19.2. The molecular formula is C16H18ClFN2O. The second kappa shape index (κ2) is 6.87. The minimum Gasteiger partial charge on any atom is -0.495 e. The maximum atomic E-state index is 14.0. The van der Waals surface area contributed by atoms with Gasteiger partial charge in [0.2, 0.25) is 0 Å². The minimum absolute atomic E-state index is 0.120. The SMILES string of the molecule is COc1ccc(F)c(CN(C)[C@@H](C)c2ccncc2)c1Cl. The van der Waals surface area contributed by atoms with Crippen molar-refractivity contribution in [3.8, 4) is 5.75 Å². The number of benzene rings is 1. The van der Waals surface area contributed by atoms with Gasteiger partial charge in [-0.1, -0.05) is 11.6 Å². The average molecular weight is 309 g/mol. The van der Waals surface area contributed by atoms with E-state index in [-0.39, 0.29) is 11.9 Å². The highest BCUT2D eigenvalue weighted by molar-refractivity contribution is 6.32. The number of aromatic nitrogens is 1. The van der Waals surface area contributed by atoms with Gasteiger partial charge in [-0.15, -0.1) is 0 Å². The van der Waals surface area contributed by atoms with Crippen LogP contribution in [0.5, 0.6) is 5.75 Å². The van der Waals surface area contributed by atoms with Gasteiger partial charge in [0.05, 0.1) is 12.1 Å². The zero-order valence-electron chi connectivity index (χ0n) is 12.3. The van der Waals surface area contributed by atoms with Gasteiger partial charge in [0.25, 0.3) is 0 Å². The van der Waals surface area contributed by atoms with Crippen LogP contribution in [-0.4, -0.2) is 24.0 Å². The smallest absolute Gasteiger partial charge is 0.137 e. The largest absolute Gasteiger partial charge is 0.495 e. The predicted octanol–water partition coefficient (Wildman–Crippen LogP) is 4.08. The molecule has 0 saturated heterocycles. The summed E-state index contributed by atoms with van der Waals surface area (Å²) >= 11 is 6.21. The molecule has 0 amide bonds. The quantitative estimate of drug-likeness (QED) is 0.832. The molecule has 1 heterocycles. The summed E-state index contributed by atoms with van der Waals surface area (Å²) in [5.41, 5.74) is 1.56. The second-order valence-corrected chi connectivity index (χ2v) is 5.29. The van der Waals surface area contributed by atoms with E-state index in [9.17, 15) is 4.39 Å². The fourth-order valence-electron chi connectivity index (χ4n) is 2.16. The average Bonchev–Trinajstić information content (AvgIpc) is 2.51. The van der Waals surface area contributed by atoms with Crippen molar-refractivity contribution < 1.29 is 9.13 Å². The monoisotopic (exact) mass is 308 g/mol. The van der Waals surface area contributed by atoms with Crippen molar-refractivity contribution in [2.45, 2.75) is 19.5 Å². The Labute approximate surface area is 129 Å². The van der Waals surface area contributed by atoms with Gasteiger partial charge < -0.3 is 4.74 Å². The maximum Gasteiger partial charge on any atom is 0.137 e. The van der Waals surface area contributed by atoms with Gasteiger partial charge in [-0.25, -0.2) is 4.39 Å². The van der Waals surface area contributed by atoms with Crippen molar-refractivity contribution in [2.75, 3.05) is 14.2 Å². The lowest BCUT2D eigenvalue weighted by Crippen LogP contribution is -2.22. The van der Waals surface area contributed by atoms with Crippen molar-refractivity contribution in [3.63, 3.8) is 0 Å². The van der Waals surface area contributed by atoms with Crippen LogP contribution in [0.25, 0.3) is 0 Å². The van der Waals surface area contributed by atoms with E-state index in [1.807, 2.05) is 24.1 Å². The topological polar surface area (TPSA) is 25.4 Å². The first kappa shape index (κ1) is 15.7. The summed E-state index contributed by atoms with van der Waals surface area (Å²) in [6, 6.07) is 6.93. The molecule has 0 spiro atoms. The Kier molecular flexibility index (Phi) is 5.15. The molecule has 112 valence electrons. The van der Waals surface area contributed by atoms with Crippen LogP contribution in [-0.2, 0) is 6.54 Å².